The summed E-state index contributed by atoms with van der Waals surface area (Å²) >= 11 is 1.62. The van der Waals surface area contributed by atoms with Crippen LogP contribution in [0.2, 0.25) is 0 Å². The highest BCUT2D eigenvalue weighted by Crippen LogP contribution is 2.28. The quantitative estimate of drug-likeness (QED) is 0.687. The van der Waals surface area contributed by atoms with Crippen LogP contribution in [-0.4, -0.2) is 22.0 Å². The van der Waals surface area contributed by atoms with Crippen molar-refractivity contribution in [2.24, 2.45) is 0 Å². The number of thiazole rings is 1. The van der Waals surface area contributed by atoms with Gasteiger partial charge in [0.1, 0.15) is 0 Å². The molecule has 3 aromatic rings. The fourth-order valence-electron chi connectivity index (χ4n) is 1.85. The molecule has 0 saturated heterocycles. The molecule has 0 bridgehead atoms. The summed E-state index contributed by atoms with van der Waals surface area (Å²) in [6.45, 7) is 2.19. The van der Waals surface area contributed by atoms with Crippen LogP contribution >= 0.6 is 11.3 Å². The molecule has 3 rings (SSSR count). The molecule has 96 valence electrons. The van der Waals surface area contributed by atoms with Crippen LogP contribution in [0.5, 0.6) is 0 Å². The number of nitrogens with zero attached hydrogens (tertiary/aromatic N) is 2. The highest BCUT2D eigenvalue weighted by atomic mass is 32.1. The van der Waals surface area contributed by atoms with Crippen LogP contribution in [0.4, 0.5) is 0 Å². The summed E-state index contributed by atoms with van der Waals surface area (Å²) in [7, 11) is 0. The first-order valence-electron chi connectivity index (χ1n) is 5.98. The molecule has 5 heteroatoms. The van der Waals surface area contributed by atoms with Gasteiger partial charge < -0.3 is 4.74 Å². The summed E-state index contributed by atoms with van der Waals surface area (Å²) in [6, 6.07) is 7.43. The Morgan fingerprint density at radius 2 is 2.16 bits per heavy atom. The van der Waals surface area contributed by atoms with E-state index in [1.165, 1.54) is 0 Å². The number of carbonyl (C=O) groups is 1. The lowest BCUT2D eigenvalue weighted by molar-refractivity contribution is 0.0526. The van der Waals surface area contributed by atoms with E-state index in [1.807, 2.05) is 28.9 Å². The Morgan fingerprint density at radius 1 is 1.37 bits per heavy atom. The van der Waals surface area contributed by atoms with Crippen molar-refractivity contribution in [1.29, 1.82) is 0 Å². The average molecular weight is 272 g/mol. The minimum absolute atomic E-state index is 0.282. The van der Waals surface area contributed by atoms with Gasteiger partial charge in [0.05, 0.1) is 17.0 Å². The molecule has 0 atom stereocenters. The largest absolute Gasteiger partial charge is 0.462 e. The van der Waals surface area contributed by atoms with Gasteiger partial charge in [-0.15, -0.1) is 0 Å². The van der Waals surface area contributed by atoms with Gasteiger partial charge in [0.15, 0.2) is 4.96 Å². The molecule has 4 nitrogen and oxygen atoms in total. The molecule has 0 spiro atoms. The van der Waals surface area contributed by atoms with Crippen molar-refractivity contribution in [1.82, 2.24) is 9.38 Å². The normalized spacial score (nSPS) is 10.8. The molecule has 0 amide bonds. The molecule has 19 heavy (non-hydrogen) atoms. The Morgan fingerprint density at radius 3 is 2.84 bits per heavy atom. The van der Waals surface area contributed by atoms with E-state index in [0.717, 1.165) is 15.4 Å². The predicted octanol–water partition coefficient (Wildman–Crippen LogP) is 3.24. The zero-order valence-electron chi connectivity index (χ0n) is 10.4. The van der Waals surface area contributed by atoms with Gasteiger partial charge in [-0.1, -0.05) is 23.5 Å². The van der Waals surface area contributed by atoms with Crippen molar-refractivity contribution in [3.05, 3.63) is 48.4 Å². The predicted molar refractivity (Wildman–Crippen MR) is 74.5 cm³/mol. The van der Waals surface area contributed by atoms with E-state index in [2.05, 4.69) is 4.98 Å². The molecule has 0 saturated carbocycles. The molecule has 0 radical (unpaired) electrons. The Hall–Kier alpha value is -2.14. The summed E-state index contributed by atoms with van der Waals surface area (Å²) in [5.41, 5.74) is 1.65. The highest BCUT2D eigenvalue weighted by Gasteiger charge is 2.08. The number of hydrogen-bond donors (Lipinski definition) is 0. The molecule has 0 N–H and O–H groups in total. The van der Waals surface area contributed by atoms with E-state index in [-0.39, 0.29) is 5.97 Å². The van der Waals surface area contributed by atoms with Crippen LogP contribution in [0.3, 0.4) is 0 Å². The molecule has 0 aliphatic heterocycles. The monoisotopic (exact) mass is 272 g/mol. The molecule has 0 fully saturated rings. The van der Waals surface area contributed by atoms with E-state index < -0.39 is 0 Å². The maximum absolute atomic E-state index is 11.6. The number of ether oxygens (including phenoxy) is 1. The van der Waals surface area contributed by atoms with Crippen molar-refractivity contribution in [2.75, 3.05) is 6.61 Å². The van der Waals surface area contributed by atoms with Gasteiger partial charge in [0, 0.05) is 18.6 Å². The molecule has 0 aliphatic carbocycles. The average Bonchev–Trinajstić information content (AvgIpc) is 3.00. The van der Waals surface area contributed by atoms with E-state index in [0.29, 0.717) is 12.2 Å². The van der Waals surface area contributed by atoms with E-state index in [9.17, 15) is 4.79 Å². The molecule has 0 aliphatic rings. The second-order valence-electron chi connectivity index (χ2n) is 4.01. The lowest BCUT2D eigenvalue weighted by atomic mass is 10.1. The van der Waals surface area contributed by atoms with Gasteiger partial charge in [-0.3, -0.25) is 4.40 Å². The number of esters is 1. The Labute approximate surface area is 114 Å². The number of imidazole rings is 1. The minimum atomic E-state index is -0.282. The third-order valence-electron chi connectivity index (χ3n) is 2.77. The molecular formula is C14H12N2O2S. The van der Waals surface area contributed by atoms with Gasteiger partial charge in [0.2, 0.25) is 0 Å². The first-order valence-corrected chi connectivity index (χ1v) is 6.79. The van der Waals surface area contributed by atoms with E-state index in [4.69, 9.17) is 4.74 Å². The molecule has 1 aromatic carbocycles. The Balaban J connectivity index is 1.90. The first-order chi connectivity index (χ1) is 9.28. The maximum Gasteiger partial charge on any atom is 0.338 e. The SMILES string of the molecule is CCOC(=O)c1ccc(-c2cn3ccnc3s2)cc1. The second kappa shape index (κ2) is 4.85. The third-order valence-corrected chi connectivity index (χ3v) is 3.83. The first kappa shape index (κ1) is 11.9. The van der Waals surface area contributed by atoms with Gasteiger partial charge in [-0.05, 0) is 24.6 Å². The van der Waals surface area contributed by atoms with Crippen LogP contribution in [0.1, 0.15) is 17.3 Å². The summed E-state index contributed by atoms with van der Waals surface area (Å²) in [6.07, 6.45) is 5.73. The second-order valence-corrected chi connectivity index (χ2v) is 5.02. The van der Waals surface area contributed by atoms with Gasteiger partial charge in [0.25, 0.3) is 0 Å². The van der Waals surface area contributed by atoms with Gasteiger partial charge in [-0.2, -0.15) is 0 Å². The Bertz CT molecular complexity index is 684. The smallest absolute Gasteiger partial charge is 0.338 e. The van der Waals surface area contributed by atoms with E-state index >= 15 is 0 Å². The summed E-state index contributed by atoms with van der Waals surface area (Å²) < 4.78 is 6.94. The molecule has 2 aromatic heterocycles. The fourth-order valence-corrected chi connectivity index (χ4v) is 2.80. The van der Waals surface area contributed by atoms with Crippen molar-refractivity contribution in [3.8, 4) is 10.4 Å². The number of hydrogen-bond acceptors (Lipinski definition) is 4. The van der Waals surface area contributed by atoms with E-state index in [1.54, 1.807) is 36.6 Å². The minimum Gasteiger partial charge on any atom is -0.462 e. The third kappa shape index (κ3) is 2.24. The fraction of sp³-hybridized carbons (Fsp3) is 0.143. The molecule has 0 unspecified atom stereocenters. The van der Waals surface area contributed by atoms with Gasteiger partial charge in [-0.25, -0.2) is 9.78 Å². The number of carbonyl (C=O) groups excluding carboxylic acids is 1. The van der Waals surface area contributed by atoms with Crippen molar-refractivity contribution in [3.63, 3.8) is 0 Å². The van der Waals surface area contributed by atoms with Crippen LogP contribution < -0.4 is 0 Å². The van der Waals surface area contributed by atoms with Crippen molar-refractivity contribution in [2.45, 2.75) is 6.92 Å². The standard InChI is InChI=1S/C14H12N2O2S/c1-2-18-13(17)11-5-3-10(4-6-11)12-9-16-8-7-15-14(16)19-12/h3-9H,2H2,1H3. The summed E-state index contributed by atoms with van der Waals surface area (Å²) in [5.74, 6) is -0.282. The van der Waals surface area contributed by atoms with Crippen molar-refractivity contribution < 1.29 is 9.53 Å². The number of benzene rings is 1. The number of rotatable bonds is 3. The molecular weight excluding hydrogens is 260 g/mol. The maximum atomic E-state index is 11.6. The number of fused-ring (bicyclic) bond motifs is 1. The lowest BCUT2D eigenvalue weighted by Gasteiger charge is -2.02. The van der Waals surface area contributed by atoms with Gasteiger partial charge >= 0.3 is 5.97 Å². The number of aromatic nitrogens is 2. The summed E-state index contributed by atoms with van der Waals surface area (Å²) in [4.78, 5) is 17.9. The van der Waals surface area contributed by atoms with Crippen LogP contribution in [0.25, 0.3) is 15.4 Å². The van der Waals surface area contributed by atoms with Crippen LogP contribution in [-0.2, 0) is 4.74 Å². The zero-order valence-corrected chi connectivity index (χ0v) is 11.2. The van der Waals surface area contributed by atoms with Crippen LogP contribution in [0, 0.1) is 0 Å². The zero-order chi connectivity index (χ0) is 13.2. The lowest BCUT2D eigenvalue weighted by Crippen LogP contribution is -2.03. The highest BCUT2D eigenvalue weighted by molar-refractivity contribution is 7.20. The topological polar surface area (TPSA) is 43.6 Å². The van der Waals surface area contributed by atoms with Crippen molar-refractivity contribution >= 4 is 22.3 Å². The van der Waals surface area contributed by atoms with Crippen LogP contribution in [0.15, 0.2) is 42.9 Å². The Kier molecular flexibility index (Phi) is 3.05. The summed E-state index contributed by atoms with van der Waals surface area (Å²) in [5, 5.41) is 0. The molecule has 2 heterocycles.